The molecule has 0 aromatic heterocycles. The summed E-state index contributed by atoms with van der Waals surface area (Å²) in [4.78, 5) is 30.4. The van der Waals surface area contributed by atoms with Crippen molar-refractivity contribution in [3.05, 3.63) is 70.9 Å². The standard InChI is InChI=1S/C22H24ClN3O6/c1-30-19-10-15(7-8-18(19)27)9-17(21(28)24-12-16-11-20(23)26-32-16)25-22(29)31-13-14-5-3-2-4-6-14/h2-8,10-11,16-17,26-27H,9,12-13H2,1H3,(H,24,28)(H,25,29)/t16?,17-/m0/s1. The van der Waals surface area contributed by atoms with E-state index in [0.717, 1.165) is 5.56 Å². The molecule has 2 aromatic carbocycles. The van der Waals surface area contributed by atoms with E-state index >= 15 is 0 Å². The van der Waals surface area contributed by atoms with Gasteiger partial charge in [0.2, 0.25) is 5.91 Å². The maximum atomic E-state index is 12.8. The number of hydrogen-bond donors (Lipinski definition) is 4. The van der Waals surface area contributed by atoms with Crippen LogP contribution in [0.25, 0.3) is 0 Å². The second-order valence-electron chi connectivity index (χ2n) is 6.99. The first-order valence-electron chi connectivity index (χ1n) is 9.84. The Bertz CT molecular complexity index is 969. The van der Waals surface area contributed by atoms with Crippen molar-refractivity contribution in [1.82, 2.24) is 16.1 Å². The topological polar surface area (TPSA) is 118 Å². The van der Waals surface area contributed by atoms with E-state index in [1.807, 2.05) is 30.3 Å². The maximum absolute atomic E-state index is 12.8. The SMILES string of the molecule is COc1cc(C[C@H](NC(=O)OCc2ccccc2)C(=O)NCC2C=C(Cl)NO2)ccc1O. The van der Waals surface area contributed by atoms with Gasteiger partial charge in [0.25, 0.3) is 0 Å². The first-order chi connectivity index (χ1) is 15.4. The predicted molar refractivity (Wildman–Crippen MR) is 117 cm³/mol. The summed E-state index contributed by atoms with van der Waals surface area (Å²) in [5.41, 5.74) is 3.98. The number of methoxy groups -OCH3 is 1. The Labute approximate surface area is 190 Å². The molecule has 9 nitrogen and oxygen atoms in total. The Morgan fingerprint density at radius 2 is 2.00 bits per heavy atom. The van der Waals surface area contributed by atoms with E-state index in [2.05, 4.69) is 16.1 Å². The molecule has 0 spiro atoms. The molecule has 170 valence electrons. The van der Waals surface area contributed by atoms with Gasteiger partial charge in [-0.05, 0) is 29.3 Å². The highest BCUT2D eigenvalue weighted by atomic mass is 35.5. The number of carbonyl (C=O) groups is 2. The molecule has 0 saturated carbocycles. The van der Waals surface area contributed by atoms with Crippen molar-refractivity contribution in [3.63, 3.8) is 0 Å². The summed E-state index contributed by atoms with van der Waals surface area (Å²) < 4.78 is 10.4. The lowest BCUT2D eigenvalue weighted by Crippen LogP contribution is -2.49. The van der Waals surface area contributed by atoms with Crippen LogP contribution in [0.2, 0.25) is 0 Å². The third-order valence-corrected chi connectivity index (χ3v) is 4.83. The first kappa shape index (κ1) is 23.2. The summed E-state index contributed by atoms with van der Waals surface area (Å²) in [5, 5.41) is 15.5. The molecule has 1 heterocycles. The van der Waals surface area contributed by atoms with E-state index in [0.29, 0.717) is 10.7 Å². The number of nitrogens with one attached hydrogen (secondary N) is 3. The lowest BCUT2D eigenvalue weighted by Gasteiger charge is -2.20. The Morgan fingerprint density at radius 3 is 2.69 bits per heavy atom. The van der Waals surface area contributed by atoms with Gasteiger partial charge < -0.3 is 25.2 Å². The molecule has 2 aromatic rings. The molecule has 3 rings (SSSR count). The summed E-state index contributed by atoms with van der Waals surface area (Å²) >= 11 is 5.79. The molecule has 1 aliphatic heterocycles. The number of halogens is 1. The lowest BCUT2D eigenvalue weighted by atomic mass is 10.0. The summed E-state index contributed by atoms with van der Waals surface area (Å²) in [6, 6.07) is 13.0. The second kappa shape index (κ2) is 11.3. The summed E-state index contributed by atoms with van der Waals surface area (Å²) in [5.74, 6) is -0.200. The third-order valence-electron chi connectivity index (χ3n) is 4.62. The zero-order valence-corrected chi connectivity index (χ0v) is 18.1. The molecule has 4 N–H and O–H groups in total. The number of aromatic hydroxyl groups is 1. The minimum Gasteiger partial charge on any atom is -0.504 e. The lowest BCUT2D eigenvalue weighted by molar-refractivity contribution is -0.123. The van der Waals surface area contributed by atoms with Crippen LogP contribution in [0, 0.1) is 0 Å². The molecular formula is C22H24ClN3O6. The highest BCUT2D eigenvalue weighted by molar-refractivity contribution is 6.29. The fourth-order valence-corrected chi connectivity index (χ4v) is 3.17. The number of hydroxylamine groups is 1. The number of ether oxygens (including phenoxy) is 2. The van der Waals surface area contributed by atoms with Gasteiger partial charge in [0.05, 0.1) is 13.7 Å². The van der Waals surface area contributed by atoms with Crippen molar-refractivity contribution >= 4 is 23.6 Å². The van der Waals surface area contributed by atoms with Crippen molar-refractivity contribution in [2.45, 2.75) is 25.2 Å². The number of rotatable bonds is 9. The number of phenolic OH excluding ortho intramolecular Hbond substituents is 1. The van der Waals surface area contributed by atoms with E-state index in [4.69, 9.17) is 25.9 Å². The maximum Gasteiger partial charge on any atom is 0.408 e. The Balaban J connectivity index is 1.65. The predicted octanol–water partition coefficient (Wildman–Crippen LogP) is 2.34. The van der Waals surface area contributed by atoms with Gasteiger partial charge in [0.15, 0.2) is 11.5 Å². The van der Waals surface area contributed by atoms with Crippen LogP contribution in [0.1, 0.15) is 11.1 Å². The average Bonchev–Trinajstić information content (AvgIpc) is 3.22. The van der Waals surface area contributed by atoms with Crippen LogP contribution in [0.4, 0.5) is 4.79 Å². The fourth-order valence-electron chi connectivity index (χ4n) is 2.99. The van der Waals surface area contributed by atoms with E-state index in [1.165, 1.54) is 13.2 Å². The number of alkyl carbamates (subject to hydrolysis) is 1. The van der Waals surface area contributed by atoms with Gasteiger partial charge in [0.1, 0.15) is 23.9 Å². The highest BCUT2D eigenvalue weighted by Crippen LogP contribution is 2.26. The molecule has 0 bridgehead atoms. The van der Waals surface area contributed by atoms with E-state index in [-0.39, 0.29) is 31.1 Å². The molecule has 0 radical (unpaired) electrons. The second-order valence-corrected chi connectivity index (χ2v) is 7.39. The number of carbonyl (C=O) groups excluding carboxylic acids is 2. The van der Waals surface area contributed by atoms with Crippen molar-refractivity contribution in [3.8, 4) is 11.5 Å². The van der Waals surface area contributed by atoms with Gasteiger partial charge in [0, 0.05) is 6.42 Å². The van der Waals surface area contributed by atoms with Crippen LogP contribution in [-0.2, 0) is 27.4 Å². The minimum absolute atomic E-state index is 0.0259. The Hall–Kier alpha value is -3.43. The van der Waals surface area contributed by atoms with Crippen molar-refractivity contribution in [2.24, 2.45) is 0 Å². The summed E-state index contributed by atoms with van der Waals surface area (Å²) in [6.45, 7) is 0.219. The molecule has 32 heavy (non-hydrogen) atoms. The smallest absolute Gasteiger partial charge is 0.408 e. The van der Waals surface area contributed by atoms with Crippen LogP contribution >= 0.6 is 11.6 Å². The van der Waals surface area contributed by atoms with Gasteiger partial charge >= 0.3 is 6.09 Å². The van der Waals surface area contributed by atoms with Crippen molar-refractivity contribution in [1.29, 1.82) is 0 Å². The quantitative estimate of drug-likeness (QED) is 0.423. The number of benzene rings is 2. The Morgan fingerprint density at radius 1 is 1.22 bits per heavy atom. The van der Waals surface area contributed by atoms with Gasteiger partial charge in [-0.15, -0.1) is 0 Å². The van der Waals surface area contributed by atoms with Crippen LogP contribution in [0.15, 0.2) is 59.8 Å². The monoisotopic (exact) mass is 461 g/mol. The molecule has 1 aliphatic rings. The van der Waals surface area contributed by atoms with Crippen LogP contribution in [0.3, 0.4) is 0 Å². The minimum atomic E-state index is -0.943. The summed E-state index contributed by atoms with van der Waals surface area (Å²) in [7, 11) is 1.43. The molecule has 0 saturated heterocycles. The molecule has 2 amide bonds. The molecule has 0 fully saturated rings. The van der Waals surface area contributed by atoms with Gasteiger partial charge in [-0.2, -0.15) is 0 Å². The van der Waals surface area contributed by atoms with Gasteiger partial charge in [-0.1, -0.05) is 48.0 Å². The van der Waals surface area contributed by atoms with Crippen LogP contribution < -0.4 is 20.9 Å². The molecule has 1 unspecified atom stereocenters. The van der Waals surface area contributed by atoms with E-state index < -0.39 is 24.1 Å². The van der Waals surface area contributed by atoms with E-state index in [9.17, 15) is 14.7 Å². The number of phenols is 1. The van der Waals surface area contributed by atoms with Crippen molar-refractivity contribution in [2.75, 3.05) is 13.7 Å². The molecule has 2 atom stereocenters. The number of hydrogen-bond acceptors (Lipinski definition) is 7. The largest absolute Gasteiger partial charge is 0.504 e. The first-order valence-corrected chi connectivity index (χ1v) is 10.2. The molecule has 0 aliphatic carbocycles. The normalized spacial score (nSPS) is 15.8. The average molecular weight is 462 g/mol. The van der Waals surface area contributed by atoms with Gasteiger partial charge in [-0.25, -0.2) is 4.79 Å². The number of amides is 2. The van der Waals surface area contributed by atoms with Crippen molar-refractivity contribution < 1.29 is 29.0 Å². The summed E-state index contributed by atoms with van der Waals surface area (Å²) in [6.07, 6.45) is 0.583. The zero-order chi connectivity index (χ0) is 22.9. The van der Waals surface area contributed by atoms with Crippen LogP contribution in [0.5, 0.6) is 11.5 Å². The Kier molecular flexibility index (Phi) is 8.18. The zero-order valence-electron chi connectivity index (χ0n) is 17.3. The van der Waals surface area contributed by atoms with E-state index in [1.54, 1.807) is 18.2 Å². The molecule has 10 heteroatoms. The van der Waals surface area contributed by atoms with Crippen LogP contribution in [-0.4, -0.2) is 42.9 Å². The third kappa shape index (κ3) is 6.79. The highest BCUT2D eigenvalue weighted by Gasteiger charge is 2.24. The fraction of sp³-hybridized carbons (Fsp3) is 0.273. The molecular weight excluding hydrogens is 438 g/mol. The van der Waals surface area contributed by atoms with Gasteiger partial charge in [-0.3, -0.25) is 15.1 Å².